The minimum atomic E-state index is -1.80. The molecule has 0 aromatic heterocycles. The largest absolute Gasteiger partial charge is 0.465 e. The van der Waals surface area contributed by atoms with Crippen LogP contribution in [-0.2, 0) is 15.1 Å². The molecule has 5 nitrogen and oxygen atoms in total. The molecule has 0 aliphatic rings. The SMILES string of the molecule is COC(=O)c1ccc(C(C)(O)C(=O)Nc2ccc(Cl)c(Cl)c2)cc1. The van der Waals surface area contributed by atoms with Crippen molar-refractivity contribution in [1.82, 2.24) is 0 Å². The quantitative estimate of drug-likeness (QED) is 0.809. The van der Waals surface area contributed by atoms with Crippen LogP contribution in [0.1, 0.15) is 22.8 Å². The fourth-order valence-corrected chi connectivity index (χ4v) is 2.30. The van der Waals surface area contributed by atoms with E-state index in [4.69, 9.17) is 23.2 Å². The third kappa shape index (κ3) is 3.87. The summed E-state index contributed by atoms with van der Waals surface area (Å²) in [4.78, 5) is 23.8. The topological polar surface area (TPSA) is 75.6 Å². The Labute approximate surface area is 149 Å². The first-order valence-corrected chi connectivity index (χ1v) is 7.69. The van der Waals surface area contributed by atoms with Gasteiger partial charge in [0.1, 0.15) is 0 Å². The van der Waals surface area contributed by atoms with Crippen LogP contribution in [0.2, 0.25) is 10.0 Å². The molecule has 24 heavy (non-hydrogen) atoms. The molecule has 0 heterocycles. The molecular formula is C17H15Cl2NO4. The van der Waals surface area contributed by atoms with Gasteiger partial charge in [-0.15, -0.1) is 0 Å². The lowest BCUT2D eigenvalue weighted by Gasteiger charge is -2.23. The zero-order valence-corrected chi connectivity index (χ0v) is 14.5. The lowest BCUT2D eigenvalue weighted by atomic mass is 9.94. The van der Waals surface area contributed by atoms with Crippen LogP contribution < -0.4 is 5.32 Å². The Kier molecular flexibility index (Phi) is 5.49. The van der Waals surface area contributed by atoms with Crippen molar-refractivity contribution in [3.05, 3.63) is 63.6 Å². The summed E-state index contributed by atoms with van der Waals surface area (Å²) in [6.07, 6.45) is 0. The number of halogens is 2. The van der Waals surface area contributed by atoms with Gasteiger partial charge in [0.25, 0.3) is 5.91 Å². The third-order valence-electron chi connectivity index (χ3n) is 3.49. The van der Waals surface area contributed by atoms with Gasteiger partial charge in [-0.25, -0.2) is 4.79 Å². The highest BCUT2D eigenvalue weighted by molar-refractivity contribution is 6.42. The van der Waals surface area contributed by atoms with Crippen LogP contribution in [0.4, 0.5) is 5.69 Å². The Bertz CT molecular complexity index is 773. The molecular weight excluding hydrogens is 353 g/mol. The summed E-state index contributed by atoms with van der Waals surface area (Å²) in [6.45, 7) is 1.35. The molecule has 7 heteroatoms. The van der Waals surface area contributed by atoms with Crippen molar-refractivity contribution in [3.63, 3.8) is 0 Å². The van der Waals surface area contributed by atoms with Gasteiger partial charge in [-0.05, 0) is 42.8 Å². The van der Waals surface area contributed by atoms with Crippen molar-refractivity contribution in [1.29, 1.82) is 0 Å². The number of nitrogens with one attached hydrogen (secondary N) is 1. The number of hydrogen-bond donors (Lipinski definition) is 2. The zero-order chi connectivity index (χ0) is 17.9. The summed E-state index contributed by atoms with van der Waals surface area (Å²) < 4.78 is 4.61. The molecule has 126 valence electrons. The van der Waals surface area contributed by atoms with E-state index in [1.807, 2.05) is 0 Å². The van der Waals surface area contributed by atoms with Gasteiger partial charge in [0.15, 0.2) is 5.60 Å². The van der Waals surface area contributed by atoms with Crippen LogP contribution in [0.25, 0.3) is 0 Å². The van der Waals surface area contributed by atoms with E-state index in [1.165, 1.54) is 44.4 Å². The molecule has 0 bridgehead atoms. The van der Waals surface area contributed by atoms with Gasteiger partial charge in [-0.3, -0.25) is 4.79 Å². The maximum Gasteiger partial charge on any atom is 0.337 e. The molecule has 0 aliphatic heterocycles. The number of hydrogen-bond acceptors (Lipinski definition) is 4. The van der Waals surface area contributed by atoms with E-state index in [0.29, 0.717) is 21.8 Å². The fraction of sp³-hybridized carbons (Fsp3) is 0.176. The fourth-order valence-electron chi connectivity index (χ4n) is 2.01. The molecule has 1 unspecified atom stereocenters. The van der Waals surface area contributed by atoms with Crippen LogP contribution in [-0.4, -0.2) is 24.1 Å². The second-order valence-corrected chi connectivity index (χ2v) is 6.04. The van der Waals surface area contributed by atoms with Gasteiger partial charge in [0, 0.05) is 5.69 Å². The molecule has 0 aliphatic carbocycles. The van der Waals surface area contributed by atoms with E-state index >= 15 is 0 Å². The molecule has 0 spiro atoms. The van der Waals surface area contributed by atoms with E-state index in [-0.39, 0.29) is 5.02 Å². The maximum atomic E-state index is 12.4. The summed E-state index contributed by atoms with van der Waals surface area (Å²) in [5.41, 5.74) is -0.753. The summed E-state index contributed by atoms with van der Waals surface area (Å²) in [7, 11) is 1.27. The van der Waals surface area contributed by atoms with E-state index in [0.717, 1.165) is 0 Å². The third-order valence-corrected chi connectivity index (χ3v) is 4.23. The summed E-state index contributed by atoms with van der Waals surface area (Å²) in [5.74, 6) is -1.15. The Hall–Kier alpha value is -2.08. The molecule has 1 atom stereocenters. The average Bonchev–Trinajstić information content (AvgIpc) is 2.57. The van der Waals surface area contributed by atoms with Crippen molar-refractivity contribution in [3.8, 4) is 0 Å². The van der Waals surface area contributed by atoms with Gasteiger partial charge < -0.3 is 15.2 Å². The number of amides is 1. The minimum absolute atomic E-state index is 0.288. The van der Waals surface area contributed by atoms with Crippen LogP contribution in [0.3, 0.4) is 0 Å². The monoisotopic (exact) mass is 367 g/mol. The number of carbonyl (C=O) groups excluding carboxylic acids is 2. The zero-order valence-electron chi connectivity index (χ0n) is 13.0. The number of benzene rings is 2. The normalized spacial score (nSPS) is 13.0. The predicted octanol–water partition coefficient (Wildman–Crippen LogP) is 3.63. The van der Waals surface area contributed by atoms with Crippen molar-refractivity contribution in [2.45, 2.75) is 12.5 Å². The molecule has 0 fully saturated rings. The molecule has 2 aromatic rings. The first kappa shape index (κ1) is 18.3. The Balaban J connectivity index is 2.20. The maximum absolute atomic E-state index is 12.4. The highest BCUT2D eigenvalue weighted by Gasteiger charge is 2.32. The first-order valence-electron chi connectivity index (χ1n) is 6.93. The van der Waals surface area contributed by atoms with Crippen molar-refractivity contribution in [2.75, 3.05) is 12.4 Å². The van der Waals surface area contributed by atoms with E-state index in [9.17, 15) is 14.7 Å². The van der Waals surface area contributed by atoms with Gasteiger partial charge in [-0.2, -0.15) is 0 Å². The molecule has 1 amide bonds. The standard InChI is InChI=1S/C17H15Cl2NO4/c1-17(23,11-5-3-10(4-6-11)15(21)24-2)16(22)20-12-7-8-13(18)14(19)9-12/h3-9,23H,1-2H3,(H,20,22). The number of esters is 1. The van der Waals surface area contributed by atoms with Crippen LogP contribution in [0.15, 0.2) is 42.5 Å². The lowest BCUT2D eigenvalue weighted by Crippen LogP contribution is -2.37. The summed E-state index contributed by atoms with van der Waals surface area (Å²) >= 11 is 11.7. The molecule has 0 saturated heterocycles. The second kappa shape index (κ2) is 7.21. The second-order valence-electron chi connectivity index (χ2n) is 5.22. The lowest BCUT2D eigenvalue weighted by molar-refractivity contribution is -0.133. The number of methoxy groups -OCH3 is 1. The molecule has 0 saturated carbocycles. The van der Waals surface area contributed by atoms with Gasteiger partial charge >= 0.3 is 5.97 Å². The Morgan fingerprint density at radius 1 is 1.08 bits per heavy atom. The highest BCUT2D eigenvalue weighted by Crippen LogP contribution is 2.27. The molecule has 2 N–H and O–H groups in total. The van der Waals surface area contributed by atoms with Crippen molar-refractivity contribution in [2.24, 2.45) is 0 Å². The number of anilines is 1. The first-order chi connectivity index (χ1) is 11.3. The van der Waals surface area contributed by atoms with Crippen molar-refractivity contribution < 1.29 is 19.4 Å². The number of aliphatic hydroxyl groups is 1. The molecule has 2 rings (SSSR count). The molecule has 0 radical (unpaired) electrons. The van der Waals surface area contributed by atoms with Crippen LogP contribution >= 0.6 is 23.2 Å². The minimum Gasteiger partial charge on any atom is -0.465 e. The number of carbonyl (C=O) groups is 2. The summed E-state index contributed by atoms with van der Waals surface area (Å²) in [5, 5.41) is 13.8. The predicted molar refractivity (Wildman–Crippen MR) is 92.4 cm³/mol. The molecule has 2 aromatic carbocycles. The Morgan fingerprint density at radius 2 is 1.71 bits per heavy atom. The van der Waals surface area contributed by atoms with Crippen LogP contribution in [0, 0.1) is 0 Å². The van der Waals surface area contributed by atoms with E-state index in [1.54, 1.807) is 12.1 Å². The van der Waals surface area contributed by atoms with E-state index < -0.39 is 17.5 Å². The van der Waals surface area contributed by atoms with E-state index in [2.05, 4.69) is 10.1 Å². The van der Waals surface area contributed by atoms with Gasteiger partial charge in [0.2, 0.25) is 0 Å². The summed E-state index contributed by atoms with van der Waals surface area (Å²) in [6, 6.07) is 10.5. The van der Waals surface area contributed by atoms with Crippen LogP contribution in [0.5, 0.6) is 0 Å². The number of ether oxygens (including phenoxy) is 1. The van der Waals surface area contributed by atoms with Gasteiger partial charge in [0.05, 0.1) is 22.7 Å². The number of rotatable bonds is 4. The highest BCUT2D eigenvalue weighted by atomic mass is 35.5. The van der Waals surface area contributed by atoms with Gasteiger partial charge in [-0.1, -0.05) is 35.3 Å². The Morgan fingerprint density at radius 3 is 2.25 bits per heavy atom. The van der Waals surface area contributed by atoms with Crippen molar-refractivity contribution >= 4 is 40.8 Å². The average molecular weight is 368 g/mol. The smallest absolute Gasteiger partial charge is 0.337 e.